The summed E-state index contributed by atoms with van der Waals surface area (Å²) >= 11 is 7.31. The molecule has 21 heavy (non-hydrogen) atoms. The summed E-state index contributed by atoms with van der Waals surface area (Å²) in [6.07, 6.45) is 1.19. The molecule has 0 radical (unpaired) electrons. The number of halogens is 1. The number of pyridine rings is 1. The molecule has 3 heterocycles. The van der Waals surface area contributed by atoms with Gasteiger partial charge >= 0.3 is 0 Å². The first-order chi connectivity index (χ1) is 10.2. The van der Waals surface area contributed by atoms with Crippen molar-refractivity contribution in [3.63, 3.8) is 0 Å². The number of likely N-dealkylation sites (tertiary alicyclic amines) is 1. The largest absolute Gasteiger partial charge is 0.370 e. The zero-order valence-corrected chi connectivity index (χ0v) is 13.5. The van der Waals surface area contributed by atoms with Gasteiger partial charge in [0.1, 0.15) is 15.8 Å². The van der Waals surface area contributed by atoms with Crippen LogP contribution < -0.4 is 5.32 Å². The number of rotatable bonds is 5. The Bertz CT molecular complexity index is 603. The minimum absolute atomic E-state index is 0.637. The Kier molecular flexibility index (Phi) is 4.67. The van der Waals surface area contributed by atoms with Gasteiger partial charge in [-0.2, -0.15) is 0 Å². The molecule has 7 heteroatoms. The van der Waals surface area contributed by atoms with Crippen LogP contribution in [0.4, 0.5) is 5.82 Å². The van der Waals surface area contributed by atoms with E-state index in [9.17, 15) is 0 Å². The fraction of sp³-hybridized carbons (Fsp3) is 0.500. The van der Waals surface area contributed by atoms with Gasteiger partial charge in [-0.05, 0) is 37.9 Å². The second-order valence-corrected chi connectivity index (χ2v) is 6.78. The number of aryl methyl sites for hydroxylation is 1. The van der Waals surface area contributed by atoms with Crippen molar-refractivity contribution in [1.29, 1.82) is 0 Å². The van der Waals surface area contributed by atoms with Crippen LogP contribution in [0.1, 0.15) is 17.8 Å². The molecule has 1 aliphatic rings. The molecule has 0 aliphatic carbocycles. The lowest BCUT2D eigenvalue weighted by Crippen LogP contribution is -2.23. The van der Waals surface area contributed by atoms with E-state index >= 15 is 0 Å². The summed E-state index contributed by atoms with van der Waals surface area (Å²) in [5, 5.41) is 7.51. The summed E-state index contributed by atoms with van der Waals surface area (Å²) in [5.41, 5.74) is 1.94. The van der Waals surface area contributed by atoms with Crippen LogP contribution in [-0.4, -0.2) is 39.1 Å². The first-order valence-electron chi connectivity index (χ1n) is 7.07. The Labute approximate surface area is 133 Å². The Hall–Kier alpha value is -1.24. The molecule has 1 aliphatic heterocycles. The predicted molar refractivity (Wildman–Crippen MR) is 85.8 cm³/mol. The maximum Gasteiger partial charge on any atom is 0.138 e. The van der Waals surface area contributed by atoms with Crippen molar-refractivity contribution in [3.8, 4) is 0 Å². The number of aromatic nitrogens is 3. The van der Waals surface area contributed by atoms with Gasteiger partial charge in [0.2, 0.25) is 0 Å². The molecule has 0 saturated carbocycles. The Morgan fingerprint density at radius 2 is 2.38 bits per heavy atom. The number of nitrogens with one attached hydrogen (secondary N) is 1. The first kappa shape index (κ1) is 14.7. The second-order valence-electron chi connectivity index (χ2n) is 5.43. The van der Waals surface area contributed by atoms with Gasteiger partial charge in [-0.15, -0.1) is 5.10 Å². The fourth-order valence-electron chi connectivity index (χ4n) is 2.62. The molecule has 0 bridgehead atoms. The Balaban J connectivity index is 1.47. The molecular weight excluding hydrogens is 306 g/mol. The van der Waals surface area contributed by atoms with E-state index in [2.05, 4.69) is 24.8 Å². The van der Waals surface area contributed by atoms with Crippen LogP contribution in [0.15, 0.2) is 18.2 Å². The highest BCUT2D eigenvalue weighted by atomic mass is 35.5. The van der Waals surface area contributed by atoms with Gasteiger partial charge in [-0.1, -0.05) is 22.2 Å². The van der Waals surface area contributed by atoms with Gasteiger partial charge in [0, 0.05) is 36.9 Å². The third kappa shape index (κ3) is 3.90. The summed E-state index contributed by atoms with van der Waals surface area (Å²) in [4.78, 5) is 6.85. The van der Waals surface area contributed by atoms with Crippen LogP contribution in [-0.2, 0) is 6.54 Å². The van der Waals surface area contributed by atoms with E-state index in [0.29, 0.717) is 10.3 Å². The molecule has 0 spiro atoms. The van der Waals surface area contributed by atoms with Crippen molar-refractivity contribution in [1.82, 2.24) is 19.5 Å². The van der Waals surface area contributed by atoms with E-state index in [1.807, 2.05) is 25.1 Å². The fourth-order valence-corrected chi connectivity index (χ4v) is 3.23. The molecule has 2 aromatic rings. The first-order valence-corrected chi connectivity index (χ1v) is 8.22. The zero-order valence-electron chi connectivity index (χ0n) is 11.9. The van der Waals surface area contributed by atoms with E-state index in [1.54, 1.807) is 0 Å². The zero-order chi connectivity index (χ0) is 14.7. The highest BCUT2D eigenvalue weighted by Gasteiger charge is 2.23. The molecule has 0 amide bonds. The van der Waals surface area contributed by atoms with Crippen molar-refractivity contribution >= 4 is 29.0 Å². The number of anilines is 1. The summed E-state index contributed by atoms with van der Waals surface area (Å²) in [7, 11) is 0. The summed E-state index contributed by atoms with van der Waals surface area (Å²) in [6.45, 7) is 5.91. The summed E-state index contributed by atoms with van der Waals surface area (Å²) in [6, 6.07) is 6.05. The molecule has 2 aromatic heterocycles. The highest BCUT2D eigenvalue weighted by molar-refractivity contribution is 7.10. The molecule has 1 fully saturated rings. The number of hydrogen-bond donors (Lipinski definition) is 1. The van der Waals surface area contributed by atoms with E-state index in [4.69, 9.17) is 11.6 Å². The molecular formula is C14H18ClN5S. The lowest BCUT2D eigenvalue weighted by Gasteiger charge is -2.15. The molecule has 5 nitrogen and oxygen atoms in total. The lowest BCUT2D eigenvalue weighted by molar-refractivity contribution is 0.315. The minimum Gasteiger partial charge on any atom is -0.370 e. The van der Waals surface area contributed by atoms with E-state index < -0.39 is 0 Å². The number of hydrogen-bond acceptors (Lipinski definition) is 6. The van der Waals surface area contributed by atoms with Crippen molar-refractivity contribution in [3.05, 3.63) is 33.9 Å². The topological polar surface area (TPSA) is 53.9 Å². The molecule has 112 valence electrons. The van der Waals surface area contributed by atoms with Crippen LogP contribution >= 0.6 is 23.1 Å². The van der Waals surface area contributed by atoms with Gasteiger partial charge < -0.3 is 5.32 Å². The average molecular weight is 324 g/mol. The molecule has 0 unspecified atom stereocenters. The van der Waals surface area contributed by atoms with Crippen LogP contribution in [0.5, 0.6) is 0 Å². The smallest absolute Gasteiger partial charge is 0.138 e. The SMILES string of the molecule is Cc1cccc(NC[C@@H]2CCN(Cc3nnsc3Cl)C2)n1. The normalized spacial score (nSPS) is 19.0. The van der Waals surface area contributed by atoms with Crippen molar-refractivity contribution in [2.75, 3.05) is 25.0 Å². The van der Waals surface area contributed by atoms with Crippen molar-refractivity contribution in [2.45, 2.75) is 19.9 Å². The maximum absolute atomic E-state index is 6.06. The van der Waals surface area contributed by atoms with Gasteiger partial charge in [-0.3, -0.25) is 4.90 Å². The van der Waals surface area contributed by atoms with Crippen molar-refractivity contribution in [2.24, 2.45) is 5.92 Å². The van der Waals surface area contributed by atoms with E-state index in [-0.39, 0.29) is 0 Å². The maximum atomic E-state index is 6.06. The van der Waals surface area contributed by atoms with Crippen LogP contribution in [0, 0.1) is 12.8 Å². The van der Waals surface area contributed by atoms with Gasteiger partial charge in [0.25, 0.3) is 0 Å². The molecule has 1 atom stereocenters. The van der Waals surface area contributed by atoms with Gasteiger partial charge in [-0.25, -0.2) is 4.98 Å². The predicted octanol–water partition coefficient (Wildman–Crippen LogP) is 2.83. The number of nitrogens with zero attached hydrogens (tertiary/aromatic N) is 4. The third-order valence-corrected chi connectivity index (χ3v) is 4.70. The highest BCUT2D eigenvalue weighted by Crippen LogP contribution is 2.23. The van der Waals surface area contributed by atoms with Crippen molar-refractivity contribution < 1.29 is 0 Å². The second kappa shape index (κ2) is 6.68. The van der Waals surface area contributed by atoms with Crippen LogP contribution in [0.25, 0.3) is 0 Å². The quantitative estimate of drug-likeness (QED) is 0.917. The van der Waals surface area contributed by atoms with Gasteiger partial charge in [0.05, 0.1) is 0 Å². The lowest BCUT2D eigenvalue weighted by atomic mass is 10.1. The third-order valence-electron chi connectivity index (χ3n) is 3.71. The van der Waals surface area contributed by atoms with Gasteiger partial charge in [0.15, 0.2) is 0 Å². The monoisotopic (exact) mass is 323 g/mol. The summed E-state index contributed by atoms with van der Waals surface area (Å²) < 4.78 is 4.59. The minimum atomic E-state index is 0.637. The molecule has 1 saturated heterocycles. The molecule has 0 aromatic carbocycles. The molecule has 3 rings (SSSR count). The summed E-state index contributed by atoms with van der Waals surface area (Å²) in [5.74, 6) is 1.60. The Morgan fingerprint density at radius 1 is 1.48 bits per heavy atom. The Morgan fingerprint density at radius 3 is 3.14 bits per heavy atom. The molecule has 1 N–H and O–H groups in total. The van der Waals surface area contributed by atoms with E-state index in [0.717, 1.165) is 43.4 Å². The van der Waals surface area contributed by atoms with Crippen LogP contribution in [0.2, 0.25) is 4.34 Å². The van der Waals surface area contributed by atoms with E-state index in [1.165, 1.54) is 18.0 Å². The van der Waals surface area contributed by atoms with Crippen LogP contribution in [0.3, 0.4) is 0 Å². The standard InChI is InChI=1S/C14H18ClN5S/c1-10-3-2-4-13(17-10)16-7-11-5-6-20(8-11)9-12-14(15)21-19-18-12/h2-4,11H,5-9H2,1H3,(H,16,17)/t11-/m0/s1. The average Bonchev–Trinajstić information content (AvgIpc) is 3.07.